The Labute approximate surface area is 205 Å². The minimum atomic E-state index is -1.32. The van der Waals surface area contributed by atoms with Crippen LogP contribution < -0.4 is 0 Å². The van der Waals surface area contributed by atoms with Gasteiger partial charge in [-0.1, -0.05) is 0 Å². The van der Waals surface area contributed by atoms with Gasteiger partial charge in [0.1, 0.15) is 11.6 Å². The molecular formula is C22H31Cl2F2N3O4. The van der Waals surface area contributed by atoms with Gasteiger partial charge in [-0.05, 0) is 45.9 Å². The number of nitrogens with zero attached hydrogens (tertiary/aromatic N) is 3. The van der Waals surface area contributed by atoms with E-state index in [0.29, 0.717) is 43.4 Å². The molecule has 0 amide bonds. The van der Waals surface area contributed by atoms with E-state index >= 15 is 0 Å². The van der Waals surface area contributed by atoms with E-state index in [1.54, 1.807) is 11.9 Å². The second-order valence-corrected chi connectivity index (χ2v) is 8.13. The van der Waals surface area contributed by atoms with Crippen molar-refractivity contribution in [1.29, 1.82) is 0 Å². The maximum absolute atomic E-state index is 14.0. The summed E-state index contributed by atoms with van der Waals surface area (Å²) in [7, 11) is 9.01. The number of carbonyl (C=O) groups is 2. The van der Waals surface area contributed by atoms with Crippen molar-refractivity contribution in [2.45, 2.75) is 18.8 Å². The molecule has 0 aromatic heterocycles. The average Bonchev–Trinajstić information content (AvgIpc) is 2.63. The summed E-state index contributed by atoms with van der Waals surface area (Å²) in [5, 5.41) is 20.1. The van der Waals surface area contributed by atoms with Crippen LogP contribution in [0, 0.1) is 11.6 Å². The quantitative estimate of drug-likeness (QED) is 0.527. The largest absolute Gasteiger partial charge is 0.478 e. The number of hydrogen-bond acceptors (Lipinski definition) is 5. The molecule has 11 heteroatoms. The molecular weight excluding hydrogens is 479 g/mol. The predicted molar refractivity (Wildman–Crippen MR) is 127 cm³/mol. The molecule has 0 saturated carbocycles. The van der Waals surface area contributed by atoms with Crippen molar-refractivity contribution < 1.29 is 28.6 Å². The van der Waals surface area contributed by atoms with Crippen molar-refractivity contribution in [3.8, 4) is 0 Å². The van der Waals surface area contributed by atoms with E-state index in [4.69, 9.17) is 0 Å². The van der Waals surface area contributed by atoms with Crippen molar-refractivity contribution in [2.75, 3.05) is 48.3 Å². The molecule has 0 unspecified atom stereocenters. The standard InChI is InChI=1S/C22H29F2N3O4.2ClH/c1-25(2)8-6-16-19(21(28)29)18(13-10-14(23)12-15(24)11-13)20(22(30)31)17(27(16)5)7-9-26(3)4;;/h10-12,18H,6-9H2,1-5H3,(H,28,29)(H,30,31);2*1H. The predicted octanol–water partition coefficient (Wildman–Crippen LogP) is 3.42. The molecule has 1 aliphatic rings. The molecule has 0 radical (unpaired) electrons. The second kappa shape index (κ2) is 12.9. The highest BCUT2D eigenvalue weighted by Crippen LogP contribution is 2.43. The van der Waals surface area contributed by atoms with Crippen molar-refractivity contribution in [1.82, 2.24) is 14.7 Å². The SMILES string of the molecule is CN(C)CCC1=C(C(=O)O)C(c2cc(F)cc(F)c2)C(C(=O)O)=C(CCN(C)C)N1C.Cl.Cl. The van der Waals surface area contributed by atoms with Crippen molar-refractivity contribution >= 4 is 36.8 Å². The van der Waals surface area contributed by atoms with Gasteiger partial charge in [-0.25, -0.2) is 18.4 Å². The first-order valence-corrected chi connectivity index (χ1v) is 9.85. The third-order valence-corrected chi connectivity index (χ3v) is 5.28. The summed E-state index contributed by atoms with van der Waals surface area (Å²) in [5.74, 6) is -5.73. The number of aliphatic carboxylic acids is 2. The zero-order chi connectivity index (χ0) is 23.5. The molecule has 0 atom stereocenters. The Kier molecular flexibility index (Phi) is 12.0. The minimum Gasteiger partial charge on any atom is -0.478 e. The van der Waals surface area contributed by atoms with Crippen molar-refractivity contribution in [2.24, 2.45) is 0 Å². The molecule has 0 aliphatic carbocycles. The number of hydrogen-bond donors (Lipinski definition) is 2. The van der Waals surface area contributed by atoms with Crippen LogP contribution in [0.1, 0.15) is 24.3 Å². The Morgan fingerprint density at radius 3 is 1.52 bits per heavy atom. The van der Waals surface area contributed by atoms with E-state index < -0.39 is 29.5 Å². The fraction of sp³-hybridized carbons (Fsp3) is 0.455. The topological polar surface area (TPSA) is 84.3 Å². The highest BCUT2D eigenvalue weighted by Gasteiger charge is 2.40. The lowest BCUT2D eigenvalue weighted by molar-refractivity contribution is -0.133. The lowest BCUT2D eigenvalue weighted by Gasteiger charge is -2.38. The maximum Gasteiger partial charge on any atom is 0.334 e. The first kappa shape index (κ1) is 30.8. The van der Waals surface area contributed by atoms with Crippen LogP contribution >= 0.6 is 24.8 Å². The maximum atomic E-state index is 14.0. The summed E-state index contributed by atoms with van der Waals surface area (Å²) in [4.78, 5) is 30.1. The lowest BCUT2D eigenvalue weighted by Crippen LogP contribution is -2.36. The van der Waals surface area contributed by atoms with Crippen LogP contribution in [0.4, 0.5) is 8.78 Å². The number of benzene rings is 1. The highest BCUT2D eigenvalue weighted by atomic mass is 35.5. The number of carboxylic acid groups (broad SMARTS) is 2. The molecule has 1 aliphatic heterocycles. The van der Waals surface area contributed by atoms with E-state index in [9.17, 15) is 28.6 Å². The third-order valence-electron chi connectivity index (χ3n) is 5.28. The summed E-state index contributed by atoms with van der Waals surface area (Å²) >= 11 is 0. The van der Waals surface area contributed by atoms with Gasteiger partial charge in [-0.2, -0.15) is 0 Å². The molecule has 7 nitrogen and oxygen atoms in total. The Morgan fingerprint density at radius 2 is 1.21 bits per heavy atom. The normalized spacial score (nSPS) is 14.5. The lowest BCUT2D eigenvalue weighted by atomic mass is 9.78. The monoisotopic (exact) mass is 509 g/mol. The molecule has 1 heterocycles. The third kappa shape index (κ3) is 7.40. The molecule has 33 heavy (non-hydrogen) atoms. The average molecular weight is 510 g/mol. The van der Waals surface area contributed by atoms with Gasteiger partial charge in [0.2, 0.25) is 0 Å². The van der Waals surface area contributed by atoms with E-state index in [2.05, 4.69) is 0 Å². The van der Waals surface area contributed by atoms with Crippen LogP contribution in [0.5, 0.6) is 0 Å². The van der Waals surface area contributed by atoms with Crippen LogP contribution in [0.2, 0.25) is 0 Å². The van der Waals surface area contributed by atoms with E-state index in [0.717, 1.165) is 12.1 Å². The Morgan fingerprint density at radius 1 is 0.848 bits per heavy atom. The van der Waals surface area contributed by atoms with Crippen LogP contribution in [0.15, 0.2) is 40.7 Å². The van der Waals surface area contributed by atoms with E-state index in [1.807, 2.05) is 38.0 Å². The Bertz CT molecular complexity index is 868. The summed E-state index contributed by atoms with van der Waals surface area (Å²) in [5.41, 5.74) is 0.454. The minimum absolute atomic E-state index is 0. The zero-order valence-electron chi connectivity index (χ0n) is 19.3. The molecule has 1 aromatic rings. The molecule has 186 valence electrons. The summed E-state index contributed by atoms with van der Waals surface area (Å²) in [6, 6.07) is 2.67. The van der Waals surface area contributed by atoms with Crippen LogP contribution in [-0.2, 0) is 9.59 Å². The smallest absolute Gasteiger partial charge is 0.334 e. The fourth-order valence-corrected chi connectivity index (χ4v) is 3.83. The van der Waals surface area contributed by atoms with E-state index in [-0.39, 0.29) is 41.5 Å². The van der Waals surface area contributed by atoms with Gasteiger partial charge in [0.05, 0.1) is 17.1 Å². The molecule has 0 bridgehead atoms. The first-order valence-electron chi connectivity index (χ1n) is 9.85. The van der Waals surface area contributed by atoms with Gasteiger partial charge in [0.15, 0.2) is 0 Å². The fourth-order valence-electron chi connectivity index (χ4n) is 3.83. The molecule has 0 saturated heterocycles. The Hall–Kier alpha value is -2.20. The van der Waals surface area contributed by atoms with E-state index in [1.165, 1.54) is 0 Å². The van der Waals surface area contributed by atoms with Crippen LogP contribution in [-0.4, -0.2) is 85.2 Å². The molecule has 2 rings (SSSR count). The molecule has 2 N–H and O–H groups in total. The van der Waals surface area contributed by atoms with Gasteiger partial charge >= 0.3 is 11.9 Å². The highest BCUT2D eigenvalue weighted by molar-refractivity contribution is 5.98. The summed E-state index contributed by atoms with van der Waals surface area (Å²) < 4.78 is 28.1. The number of halogens is 4. The zero-order valence-corrected chi connectivity index (χ0v) is 20.9. The first-order chi connectivity index (χ1) is 14.4. The van der Waals surface area contributed by atoms with Gasteiger partial charge in [-0.3, -0.25) is 0 Å². The summed E-state index contributed by atoms with van der Waals surface area (Å²) in [6.07, 6.45) is 0.662. The van der Waals surface area contributed by atoms with Crippen molar-refractivity contribution in [3.63, 3.8) is 0 Å². The van der Waals surface area contributed by atoms with Gasteiger partial charge in [0, 0.05) is 50.4 Å². The second-order valence-electron chi connectivity index (χ2n) is 8.13. The molecule has 0 spiro atoms. The van der Waals surface area contributed by atoms with Crippen LogP contribution in [0.3, 0.4) is 0 Å². The van der Waals surface area contributed by atoms with Gasteiger partial charge in [0.25, 0.3) is 0 Å². The molecule has 1 aromatic carbocycles. The molecule has 0 fully saturated rings. The number of carboxylic acids is 2. The number of rotatable bonds is 9. The van der Waals surface area contributed by atoms with Crippen LogP contribution in [0.25, 0.3) is 0 Å². The van der Waals surface area contributed by atoms with Gasteiger partial charge in [-0.15, -0.1) is 24.8 Å². The van der Waals surface area contributed by atoms with Crippen molar-refractivity contribution in [3.05, 3.63) is 57.9 Å². The van der Waals surface area contributed by atoms with Gasteiger partial charge < -0.3 is 24.9 Å². The Balaban J connectivity index is 0.00000512. The summed E-state index contributed by atoms with van der Waals surface area (Å²) in [6.45, 7) is 1.04.